The number of methoxy groups -OCH3 is 1. The zero-order valence-corrected chi connectivity index (χ0v) is 11.5. The van der Waals surface area contributed by atoms with E-state index < -0.39 is 12.8 Å². The van der Waals surface area contributed by atoms with Gasteiger partial charge in [-0.1, -0.05) is 12.1 Å². The summed E-state index contributed by atoms with van der Waals surface area (Å²) in [7, 11) is 1.49. The Balaban J connectivity index is 2.20. The number of rotatable bonds is 8. The fraction of sp³-hybridized carbons (Fsp3) is 0.462. The second-order valence-electron chi connectivity index (χ2n) is 4.09. The van der Waals surface area contributed by atoms with Crippen molar-refractivity contribution in [2.24, 2.45) is 0 Å². The zero-order valence-electron chi connectivity index (χ0n) is 11.5. The minimum atomic E-state index is -4.33. The number of benzene rings is 1. The Morgan fingerprint density at radius 2 is 2.00 bits per heavy atom. The molecule has 1 amide bonds. The van der Waals surface area contributed by atoms with E-state index in [9.17, 15) is 18.0 Å². The first-order valence-corrected chi connectivity index (χ1v) is 6.20. The SMILES string of the molecule is COc1ccccc1NC(=O)CNCCOCC(F)(F)F. The van der Waals surface area contributed by atoms with E-state index in [1.54, 1.807) is 24.3 Å². The van der Waals surface area contributed by atoms with Crippen molar-refractivity contribution in [3.05, 3.63) is 24.3 Å². The number of anilines is 1. The number of nitrogens with one attached hydrogen (secondary N) is 2. The highest BCUT2D eigenvalue weighted by Gasteiger charge is 2.27. The first kappa shape index (κ1) is 17.3. The van der Waals surface area contributed by atoms with E-state index in [0.717, 1.165) is 0 Å². The molecule has 0 aliphatic carbocycles. The van der Waals surface area contributed by atoms with Crippen LogP contribution in [0.15, 0.2) is 24.3 Å². The van der Waals surface area contributed by atoms with E-state index >= 15 is 0 Å². The van der Waals surface area contributed by atoms with Crippen LogP contribution < -0.4 is 15.4 Å². The van der Waals surface area contributed by atoms with Crippen molar-refractivity contribution in [3.63, 3.8) is 0 Å². The molecule has 0 spiro atoms. The molecule has 2 N–H and O–H groups in total. The van der Waals surface area contributed by atoms with Crippen molar-refractivity contribution in [3.8, 4) is 5.75 Å². The van der Waals surface area contributed by atoms with Crippen LogP contribution in [0.3, 0.4) is 0 Å². The fourth-order valence-corrected chi connectivity index (χ4v) is 1.48. The highest BCUT2D eigenvalue weighted by Crippen LogP contribution is 2.22. The highest BCUT2D eigenvalue weighted by atomic mass is 19.4. The molecule has 0 heterocycles. The molecule has 0 aliphatic rings. The van der Waals surface area contributed by atoms with Gasteiger partial charge in [0.2, 0.25) is 5.91 Å². The number of hydrogen-bond acceptors (Lipinski definition) is 4. The van der Waals surface area contributed by atoms with E-state index in [1.165, 1.54) is 7.11 Å². The van der Waals surface area contributed by atoms with Crippen LogP contribution in [0.1, 0.15) is 0 Å². The van der Waals surface area contributed by atoms with Crippen molar-refractivity contribution in [2.45, 2.75) is 6.18 Å². The minimum absolute atomic E-state index is 0.0343. The van der Waals surface area contributed by atoms with Crippen LogP contribution in [0.2, 0.25) is 0 Å². The van der Waals surface area contributed by atoms with E-state index in [-0.39, 0.29) is 25.6 Å². The number of alkyl halides is 3. The van der Waals surface area contributed by atoms with Crippen molar-refractivity contribution in [2.75, 3.05) is 38.7 Å². The number of hydrogen-bond donors (Lipinski definition) is 2. The summed E-state index contributed by atoms with van der Waals surface area (Å²) in [5, 5.41) is 5.31. The Hall–Kier alpha value is -1.80. The van der Waals surface area contributed by atoms with Gasteiger partial charge in [-0.3, -0.25) is 4.79 Å². The van der Waals surface area contributed by atoms with E-state index in [2.05, 4.69) is 15.4 Å². The van der Waals surface area contributed by atoms with E-state index in [4.69, 9.17) is 4.74 Å². The molecule has 1 aromatic rings. The maximum absolute atomic E-state index is 11.8. The quantitative estimate of drug-likeness (QED) is 0.719. The van der Waals surface area contributed by atoms with Crippen LogP contribution in [-0.2, 0) is 9.53 Å². The molecule has 21 heavy (non-hydrogen) atoms. The largest absolute Gasteiger partial charge is 0.495 e. The molecule has 0 aliphatic heterocycles. The number of ether oxygens (including phenoxy) is 2. The molecule has 0 atom stereocenters. The van der Waals surface area contributed by atoms with Crippen LogP contribution in [-0.4, -0.2) is 45.5 Å². The summed E-state index contributed by atoms with van der Waals surface area (Å²) in [6.07, 6.45) is -4.33. The third-order valence-electron chi connectivity index (χ3n) is 2.36. The summed E-state index contributed by atoms with van der Waals surface area (Å²) in [5.41, 5.74) is 0.528. The van der Waals surface area contributed by atoms with Gasteiger partial charge in [-0.15, -0.1) is 0 Å². The normalized spacial score (nSPS) is 11.2. The minimum Gasteiger partial charge on any atom is -0.495 e. The van der Waals surface area contributed by atoms with Crippen LogP contribution in [0, 0.1) is 0 Å². The summed E-state index contributed by atoms with van der Waals surface area (Å²) in [6.45, 7) is -1.30. The number of carbonyl (C=O) groups is 1. The molecule has 0 saturated carbocycles. The summed E-state index contributed by atoms with van der Waals surface area (Å²) in [6, 6.07) is 6.90. The topological polar surface area (TPSA) is 59.6 Å². The van der Waals surface area contributed by atoms with Crippen LogP contribution in [0.4, 0.5) is 18.9 Å². The molecule has 0 aromatic heterocycles. The average molecular weight is 306 g/mol. The summed E-state index contributed by atoms with van der Waals surface area (Å²) < 4.78 is 44.8. The Morgan fingerprint density at radius 1 is 1.29 bits per heavy atom. The van der Waals surface area contributed by atoms with Gasteiger partial charge in [0.25, 0.3) is 0 Å². The predicted octanol–water partition coefficient (Wildman–Crippen LogP) is 1.80. The molecule has 0 fully saturated rings. The van der Waals surface area contributed by atoms with Crippen molar-refractivity contribution >= 4 is 11.6 Å². The second-order valence-corrected chi connectivity index (χ2v) is 4.09. The number of amides is 1. The average Bonchev–Trinajstić information content (AvgIpc) is 2.42. The smallest absolute Gasteiger partial charge is 0.411 e. The van der Waals surface area contributed by atoms with Crippen molar-refractivity contribution < 1.29 is 27.4 Å². The number of halogens is 3. The molecule has 8 heteroatoms. The molecule has 0 saturated heterocycles. The Bertz CT molecular complexity index is 453. The van der Waals surface area contributed by atoms with Gasteiger partial charge in [0.05, 0.1) is 25.9 Å². The first-order valence-electron chi connectivity index (χ1n) is 6.20. The van der Waals surface area contributed by atoms with Gasteiger partial charge >= 0.3 is 6.18 Å². The summed E-state index contributed by atoms with van der Waals surface area (Å²) >= 11 is 0. The van der Waals surface area contributed by atoms with Crippen molar-refractivity contribution in [1.82, 2.24) is 5.32 Å². The molecule has 0 radical (unpaired) electrons. The lowest BCUT2D eigenvalue weighted by molar-refractivity contribution is -0.173. The molecule has 0 unspecified atom stereocenters. The lowest BCUT2D eigenvalue weighted by Crippen LogP contribution is -2.31. The molecule has 1 rings (SSSR count). The maximum atomic E-state index is 11.8. The highest BCUT2D eigenvalue weighted by molar-refractivity contribution is 5.93. The Kier molecular flexibility index (Phi) is 6.97. The van der Waals surface area contributed by atoms with Gasteiger partial charge in [0.1, 0.15) is 12.4 Å². The van der Waals surface area contributed by atoms with Crippen LogP contribution in [0.25, 0.3) is 0 Å². The van der Waals surface area contributed by atoms with Crippen molar-refractivity contribution in [1.29, 1.82) is 0 Å². The van der Waals surface area contributed by atoms with Crippen LogP contribution in [0.5, 0.6) is 5.75 Å². The van der Waals surface area contributed by atoms with Gasteiger partial charge < -0.3 is 20.1 Å². The monoisotopic (exact) mass is 306 g/mol. The predicted molar refractivity (Wildman–Crippen MR) is 71.4 cm³/mol. The van der Waals surface area contributed by atoms with Gasteiger partial charge in [0, 0.05) is 6.54 Å². The van der Waals surface area contributed by atoms with E-state index in [1.807, 2.05) is 0 Å². The standard InChI is InChI=1S/C13H17F3N2O3/c1-20-11-5-3-2-4-10(11)18-12(19)8-17-6-7-21-9-13(14,15)16/h2-5,17H,6-9H2,1H3,(H,18,19). The third-order valence-corrected chi connectivity index (χ3v) is 2.36. The molecule has 0 bridgehead atoms. The zero-order chi connectivity index (χ0) is 15.7. The molecular weight excluding hydrogens is 289 g/mol. The molecule has 5 nitrogen and oxygen atoms in total. The molecular formula is C13H17F3N2O3. The lowest BCUT2D eigenvalue weighted by Gasteiger charge is -2.11. The third kappa shape index (κ3) is 7.52. The summed E-state index contributed by atoms with van der Waals surface area (Å²) in [4.78, 5) is 11.6. The Labute approximate surface area is 120 Å². The van der Waals surface area contributed by atoms with Crippen LogP contribution >= 0.6 is 0 Å². The van der Waals surface area contributed by atoms with Gasteiger partial charge in [-0.25, -0.2) is 0 Å². The molecule has 118 valence electrons. The maximum Gasteiger partial charge on any atom is 0.411 e. The number of para-hydroxylation sites is 2. The second kappa shape index (κ2) is 8.48. The Morgan fingerprint density at radius 3 is 2.67 bits per heavy atom. The number of carbonyl (C=O) groups excluding carboxylic acids is 1. The lowest BCUT2D eigenvalue weighted by atomic mass is 10.3. The molecule has 1 aromatic carbocycles. The summed E-state index contributed by atoms with van der Waals surface area (Å²) in [5.74, 6) is 0.203. The van der Waals surface area contributed by atoms with Gasteiger partial charge in [-0.05, 0) is 12.1 Å². The first-order chi connectivity index (χ1) is 9.92. The van der Waals surface area contributed by atoms with Gasteiger partial charge in [-0.2, -0.15) is 13.2 Å². The van der Waals surface area contributed by atoms with E-state index in [0.29, 0.717) is 11.4 Å². The van der Waals surface area contributed by atoms with Gasteiger partial charge in [0.15, 0.2) is 0 Å². The fourth-order valence-electron chi connectivity index (χ4n) is 1.48.